The van der Waals surface area contributed by atoms with Crippen LogP contribution in [0.2, 0.25) is 0 Å². The molecule has 0 spiro atoms. The number of rotatable bonds is 4. The standard InChI is InChI=1S/C5H10N2O2/c1-2-7-5(9)3-6-4-8/h4H,2-3H2,1H3,(H,6,8)(H,7,9). The topological polar surface area (TPSA) is 58.2 Å². The van der Waals surface area contributed by atoms with E-state index in [0.29, 0.717) is 13.0 Å². The molecular formula is C5H10N2O2. The predicted molar refractivity (Wildman–Crippen MR) is 32.8 cm³/mol. The van der Waals surface area contributed by atoms with Crippen molar-refractivity contribution in [2.24, 2.45) is 0 Å². The molecule has 0 aliphatic carbocycles. The van der Waals surface area contributed by atoms with Crippen molar-refractivity contribution < 1.29 is 9.59 Å². The first-order valence-corrected chi connectivity index (χ1v) is 2.75. The van der Waals surface area contributed by atoms with Gasteiger partial charge in [0.1, 0.15) is 0 Å². The Labute approximate surface area is 53.6 Å². The van der Waals surface area contributed by atoms with Gasteiger partial charge in [0, 0.05) is 6.54 Å². The summed E-state index contributed by atoms with van der Waals surface area (Å²) >= 11 is 0. The zero-order valence-electron chi connectivity index (χ0n) is 5.31. The number of hydrogen-bond acceptors (Lipinski definition) is 2. The smallest absolute Gasteiger partial charge is 0.239 e. The molecule has 0 aromatic carbocycles. The molecule has 0 fully saturated rings. The van der Waals surface area contributed by atoms with Gasteiger partial charge in [-0.3, -0.25) is 9.59 Å². The molecule has 0 bridgehead atoms. The average molecular weight is 130 g/mol. The lowest BCUT2D eigenvalue weighted by molar-refractivity contribution is -0.122. The molecule has 0 rings (SSSR count). The molecule has 0 saturated heterocycles. The Kier molecular flexibility index (Phi) is 4.49. The second-order valence-electron chi connectivity index (χ2n) is 1.45. The summed E-state index contributed by atoms with van der Waals surface area (Å²) in [4.78, 5) is 20.1. The molecule has 9 heavy (non-hydrogen) atoms. The van der Waals surface area contributed by atoms with Gasteiger partial charge in [0.2, 0.25) is 12.3 Å². The van der Waals surface area contributed by atoms with Gasteiger partial charge in [-0.1, -0.05) is 0 Å². The summed E-state index contributed by atoms with van der Waals surface area (Å²) in [5.74, 6) is -0.162. The molecule has 0 heterocycles. The molecule has 0 atom stereocenters. The molecule has 2 N–H and O–H groups in total. The number of hydrogen-bond donors (Lipinski definition) is 2. The summed E-state index contributed by atoms with van der Waals surface area (Å²) in [5.41, 5.74) is 0. The van der Waals surface area contributed by atoms with Crippen molar-refractivity contribution in [2.75, 3.05) is 13.1 Å². The molecule has 0 unspecified atom stereocenters. The summed E-state index contributed by atoms with van der Waals surface area (Å²) in [6, 6.07) is 0. The van der Waals surface area contributed by atoms with Crippen LogP contribution in [0.5, 0.6) is 0 Å². The minimum absolute atomic E-state index is 0.0668. The first-order valence-electron chi connectivity index (χ1n) is 2.75. The Morgan fingerprint density at radius 1 is 1.67 bits per heavy atom. The second-order valence-corrected chi connectivity index (χ2v) is 1.45. The lowest BCUT2D eigenvalue weighted by Gasteiger charge is -1.98. The van der Waals surface area contributed by atoms with E-state index in [2.05, 4.69) is 10.6 Å². The molecule has 0 aliphatic heterocycles. The van der Waals surface area contributed by atoms with Gasteiger partial charge >= 0.3 is 0 Å². The number of likely N-dealkylation sites (N-methyl/N-ethyl adjacent to an activating group) is 1. The quantitative estimate of drug-likeness (QED) is 0.473. The van der Waals surface area contributed by atoms with Crippen molar-refractivity contribution in [1.29, 1.82) is 0 Å². The SMILES string of the molecule is CCNC(=O)CNC=O. The van der Waals surface area contributed by atoms with E-state index in [-0.39, 0.29) is 12.5 Å². The van der Waals surface area contributed by atoms with Crippen LogP contribution >= 0.6 is 0 Å². The fraction of sp³-hybridized carbons (Fsp3) is 0.600. The number of amides is 2. The summed E-state index contributed by atoms with van der Waals surface area (Å²) in [6.07, 6.45) is 0.495. The van der Waals surface area contributed by atoms with Gasteiger partial charge in [-0.05, 0) is 6.92 Å². The maximum atomic E-state index is 10.5. The predicted octanol–water partition coefficient (Wildman–Crippen LogP) is -1.13. The van der Waals surface area contributed by atoms with Gasteiger partial charge in [-0.25, -0.2) is 0 Å². The van der Waals surface area contributed by atoms with E-state index < -0.39 is 0 Å². The molecular weight excluding hydrogens is 120 g/mol. The van der Waals surface area contributed by atoms with Gasteiger partial charge in [0.05, 0.1) is 6.54 Å². The van der Waals surface area contributed by atoms with Gasteiger partial charge in [0.15, 0.2) is 0 Å². The molecule has 0 aromatic heterocycles. The first-order chi connectivity index (χ1) is 4.31. The fourth-order valence-electron chi connectivity index (χ4n) is 0.394. The summed E-state index contributed by atoms with van der Waals surface area (Å²) in [6.45, 7) is 2.48. The number of nitrogens with one attached hydrogen (secondary N) is 2. The average Bonchev–Trinajstić information content (AvgIpc) is 1.85. The maximum Gasteiger partial charge on any atom is 0.239 e. The Morgan fingerprint density at radius 3 is 2.78 bits per heavy atom. The molecule has 0 aliphatic rings. The van der Waals surface area contributed by atoms with Gasteiger partial charge in [0.25, 0.3) is 0 Å². The van der Waals surface area contributed by atoms with Crippen molar-refractivity contribution in [3.05, 3.63) is 0 Å². The van der Waals surface area contributed by atoms with Crippen LogP contribution in [-0.4, -0.2) is 25.4 Å². The molecule has 4 heteroatoms. The van der Waals surface area contributed by atoms with Crippen molar-refractivity contribution >= 4 is 12.3 Å². The minimum Gasteiger partial charge on any atom is -0.355 e. The molecule has 0 radical (unpaired) electrons. The van der Waals surface area contributed by atoms with Crippen LogP contribution < -0.4 is 10.6 Å². The molecule has 0 aromatic rings. The highest BCUT2D eigenvalue weighted by Crippen LogP contribution is 1.59. The number of carbonyl (C=O) groups is 2. The Balaban J connectivity index is 3.16. The third-order valence-corrected chi connectivity index (χ3v) is 0.720. The Hall–Kier alpha value is -1.06. The van der Waals surface area contributed by atoms with E-state index in [4.69, 9.17) is 0 Å². The molecule has 2 amide bonds. The van der Waals surface area contributed by atoms with Crippen LogP contribution in [-0.2, 0) is 9.59 Å². The normalized spacial score (nSPS) is 8.11. The largest absolute Gasteiger partial charge is 0.355 e. The van der Waals surface area contributed by atoms with Crippen LogP contribution in [0, 0.1) is 0 Å². The van der Waals surface area contributed by atoms with Gasteiger partial charge < -0.3 is 10.6 Å². The maximum absolute atomic E-state index is 10.5. The molecule has 0 saturated carbocycles. The lowest BCUT2D eigenvalue weighted by atomic mass is 10.5. The van der Waals surface area contributed by atoms with Crippen LogP contribution in [0.15, 0.2) is 0 Å². The van der Waals surface area contributed by atoms with Crippen molar-refractivity contribution in [1.82, 2.24) is 10.6 Å². The number of carbonyl (C=O) groups excluding carboxylic acids is 2. The van der Waals surface area contributed by atoms with Crippen LogP contribution in [0.1, 0.15) is 6.92 Å². The highest BCUT2D eigenvalue weighted by molar-refractivity contribution is 5.79. The van der Waals surface area contributed by atoms with E-state index in [1.807, 2.05) is 6.92 Å². The van der Waals surface area contributed by atoms with Crippen molar-refractivity contribution in [3.63, 3.8) is 0 Å². The monoisotopic (exact) mass is 130 g/mol. The van der Waals surface area contributed by atoms with Crippen molar-refractivity contribution in [3.8, 4) is 0 Å². The van der Waals surface area contributed by atoms with E-state index in [9.17, 15) is 9.59 Å². The van der Waals surface area contributed by atoms with Crippen molar-refractivity contribution in [2.45, 2.75) is 6.92 Å². The molecule has 52 valence electrons. The van der Waals surface area contributed by atoms with E-state index in [1.165, 1.54) is 0 Å². The Morgan fingerprint density at radius 2 is 2.33 bits per heavy atom. The van der Waals surface area contributed by atoms with E-state index in [1.54, 1.807) is 0 Å². The van der Waals surface area contributed by atoms with Crippen LogP contribution in [0.25, 0.3) is 0 Å². The third-order valence-electron chi connectivity index (χ3n) is 0.720. The highest BCUT2D eigenvalue weighted by Gasteiger charge is 1.93. The summed E-state index contributed by atoms with van der Waals surface area (Å²) in [5, 5.41) is 4.76. The van der Waals surface area contributed by atoms with Crippen LogP contribution in [0.4, 0.5) is 0 Å². The fourth-order valence-corrected chi connectivity index (χ4v) is 0.394. The lowest BCUT2D eigenvalue weighted by Crippen LogP contribution is -2.32. The zero-order valence-corrected chi connectivity index (χ0v) is 5.31. The summed E-state index contributed by atoms with van der Waals surface area (Å²) in [7, 11) is 0. The first kappa shape index (κ1) is 7.94. The zero-order chi connectivity index (χ0) is 7.11. The molecule has 4 nitrogen and oxygen atoms in total. The third kappa shape index (κ3) is 4.80. The minimum atomic E-state index is -0.162. The van der Waals surface area contributed by atoms with Gasteiger partial charge in [-0.15, -0.1) is 0 Å². The van der Waals surface area contributed by atoms with E-state index >= 15 is 0 Å². The Bertz CT molecular complexity index is 103. The highest BCUT2D eigenvalue weighted by atomic mass is 16.2. The van der Waals surface area contributed by atoms with E-state index in [0.717, 1.165) is 0 Å². The van der Waals surface area contributed by atoms with Crippen LogP contribution in [0.3, 0.4) is 0 Å². The second kappa shape index (κ2) is 5.08. The summed E-state index contributed by atoms with van der Waals surface area (Å²) < 4.78 is 0. The van der Waals surface area contributed by atoms with Gasteiger partial charge in [-0.2, -0.15) is 0 Å².